The fourth-order valence-electron chi connectivity index (χ4n) is 2.36. The molecule has 1 unspecified atom stereocenters. The molecule has 13 heavy (non-hydrogen) atoms. The molecule has 1 atom stereocenters. The molecule has 0 saturated carbocycles. The van der Waals surface area contributed by atoms with Gasteiger partial charge in [-0.3, -0.25) is 0 Å². The van der Waals surface area contributed by atoms with E-state index >= 15 is 0 Å². The smallest absolute Gasteiger partial charge is 0.126 e. The Morgan fingerprint density at radius 2 is 1.92 bits per heavy atom. The average molecular weight is 184 g/mol. The Morgan fingerprint density at radius 1 is 1.15 bits per heavy atom. The topological polar surface area (TPSA) is 35.5 Å². The lowest BCUT2D eigenvalue weighted by Crippen LogP contribution is -2.38. The van der Waals surface area contributed by atoms with Crippen molar-refractivity contribution in [2.75, 3.05) is 26.4 Å². The predicted octanol–water partition coefficient (Wildman–Crippen LogP) is 1.02. The van der Waals surface area contributed by atoms with Gasteiger partial charge in [0.15, 0.2) is 0 Å². The van der Waals surface area contributed by atoms with E-state index < -0.39 is 0 Å². The summed E-state index contributed by atoms with van der Waals surface area (Å²) in [5.74, 6) is 0.439. The second kappa shape index (κ2) is 3.76. The number of hydrogen-bond donors (Lipinski definition) is 0. The first kappa shape index (κ1) is 9.16. The highest BCUT2D eigenvalue weighted by atomic mass is 16.5. The van der Waals surface area contributed by atoms with Crippen LogP contribution in [0.25, 0.3) is 0 Å². The lowest BCUT2D eigenvalue weighted by Gasteiger charge is -2.36. The summed E-state index contributed by atoms with van der Waals surface area (Å²) in [5.41, 5.74) is -0.130. The molecule has 2 fully saturated rings. The molecular formula is C10H16O3. The molecule has 2 saturated heterocycles. The van der Waals surface area contributed by atoms with Gasteiger partial charge in [0.05, 0.1) is 6.61 Å². The van der Waals surface area contributed by atoms with Gasteiger partial charge < -0.3 is 14.3 Å². The third-order valence-electron chi connectivity index (χ3n) is 3.40. The zero-order valence-corrected chi connectivity index (χ0v) is 7.83. The molecule has 0 aromatic heterocycles. The fourth-order valence-corrected chi connectivity index (χ4v) is 2.36. The van der Waals surface area contributed by atoms with Crippen LogP contribution in [0.3, 0.4) is 0 Å². The molecule has 0 aromatic rings. The Bertz CT molecular complexity index is 179. The minimum Gasteiger partial charge on any atom is -0.381 e. The zero-order chi connectivity index (χ0) is 9.15. The maximum absolute atomic E-state index is 11.2. The molecule has 3 nitrogen and oxygen atoms in total. The highest BCUT2D eigenvalue weighted by molar-refractivity contribution is 5.60. The van der Waals surface area contributed by atoms with Crippen LogP contribution in [0.4, 0.5) is 0 Å². The fraction of sp³-hybridized carbons (Fsp3) is 0.900. The van der Waals surface area contributed by atoms with E-state index in [0.717, 1.165) is 52.0 Å². The molecular weight excluding hydrogens is 168 g/mol. The first-order valence-corrected chi connectivity index (χ1v) is 4.99. The van der Waals surface area contributed by atoms with Crippen molar-refractivity contribution in [1.82, 2.24) is 0 Å². The first-order chi connectivity index (χ1) is 6.37. The molecule has 3 heteroatoms. The van der Waals surface area contributed by atoms with E-state index in [1.54, 1.807) is 0 Å². The summed E-state index contributed by atoms with van der Waals surface area (Å²) in [6.07, 6.45) is 3.95. The van der Waals surface area contributed by atoms with Crippen LogP contribution in [0.15, 0.2) is 0 Å². The van der Waals surface area contributed by atoms with Crippen LogP contribution in [0, 0.1) is 11.3 Å². The summed E-state index contributed by atoms with van der Waals surface area (Å²) in [6.45, 7) is 3.05. The van der Waals surface area contributed by atoms with Gasteiger partial charge in [-0.15, -0.1) is 0 Å². The summed E-state index contributed by atoms with van der Waals surface area (Å²) in [6, 6.07) is 0. The molecule has 2 aliphatic heterocycles. The summed E-state index contributed by atoms with van der Waals surface area (Å²) >= 11 is 0. The van der Waals surface area contributed by atoms with Gasteiger partial charge in [-0.05, 0) is 25.2 Å². The quantitative estimate of drug-likeness (QED) is 0.601. The molecule has 2 rings (SSSR count). The van der Waals surface area contributed by atoms with Crippen molar-refractivity contribution in [3.8, 4) is 0 Å². The third-order valence-corrected chi connectivity index (χ3v) is 3.40. The van der Waals surface area contributed by atoms with Crippen LogP contribution in [0.5, 0.6) is 0 Å². The van der Waals surface area contributed by atoms with E-state index in [-0.39, 0.29) is 5.41 Å². The van der Waals surface area contributed by atoms with E-state index in [1.165, 1.54) is 0 Å². The van der Waals surface area contributed by atoms with Gasteiger partial charge in [0, 0.05) is 25.2 Å². The van der Waals surface area contributed by atoms with E-state index in [1.807, 2.05) is 0 Å². The normalized spacial score (nSPS) is 33.1. The second-order valence-corrected chi connectivity index (χ2v) is 4.02. The van der Waals surface area contributed by atoms with Gasteiger partial charge in [0.1, 0.15) is 6.29 Å². The first-order valence-electron chi connectivity index (χ1n) is 4.99. The van der Waals surface area contributed by atoms with Gasteiger partial charge in [0.25, 0.3) is 0 Å². The predicted molar refractivity (Wildman–Crippen MR) is 47.5 cm³/mol. The summed E-state index contributed by atoms with van der Waals surface area (Å²) in [5, 5.41) is 0. The average Bonchev–Trinajstić information content (AvgIpc) is 2.72. The number of carbonyl (C=O) groups excluding carboxylic acids is 1. The van der Waals surface area contributed by atoms with Crippen molar-refractivity contribution in [1.29, 1.82) is 0 Å². The van der Waals surface area contributed by atoms with Crippen LogP contribution in [-0.2, 0) is 14.3 Å². The minimum atomic E-state index is -0.130. The molecule has 74 valence electrons. The van der Waals surface area contributed by atoms with Crippen LogP contribution >= 0.6 is 0 Å². The van der Waals surface area contributed by atoms with Gasteiger partial charge in [0.2, 0.25) is 0 Å². The molecule has 2 aliphatic rings. The lowest BCUT2D eigenvalue weighted by molar-refractivity contribution is -0.126. The largest absolute Gasteiger partial charge is 0.381 e. The number of aldehydes is 1. The van der Waals surface area contributed by atoms with Crippen molar-refractivity contribution in [2.24, 2.45) is 11.3 Å². The van der Waals surface area contributed by atoms with Crippen LogP contribution in [0.1, 0.15) is 19.3 Å². The van der Waals surface area contributed by atoms with Crippen LogP contribution < -0.4 is 0 Å². The molecule has 2 heterocycles. The Kier molecular flexibility index (Phi) is 2.65. The molecule has 0 aliphatic carbocycles. The number of rotatable bonds is 2. The van der Waals surface area contributed by atoms with Crippen LogP contribution in [-0.4, -0.2) is 32.7 Å². The Balaban J connectivity index is 2.07. The van der Waals surface area contributed by atoms with E-state index in [4.69, 9.17) is 9.47 Å². The standard InChI is InChI=1S/C10H16O3/c11-8-10(2-5-12-6-3-10)9-1-4-13-7-9/h8-9H,1-7H2. The summed E-state index contributed by atoms with van der Waals surface area (Å²) < 4.78 is 10.6. The third kappa shape index (κ3) is 1.63. The van der Waals surface area contributed by atoms with Gasteiger partial charge >= 0.3 is 0 Å². The second-order valence-electron chi connectivity index (χ2n) is 4.02. The zero-order valence-electron chi connectivity index (χ0n) is 7.83. The van der Waals surface area contributed by atoms with Gasteiger partial charge in [-0.2, -0.15) is 0 Å². The molecule has 0 bridgehead atoms. The highest BCUT2D eigenvalue weighted by Gasteiger charge is 2.41. The van der Waals surface area contributed by atoms with Crippen molar-refractivity contribution in [2.45, 2.75) is 19.3 Å². The number of carbonyl (C=O) groups is 1. The molecule has 0 amide bonds. The summed E-state index contributed by atoms with van der Waals surface area (Å²) in [4.78, 5) is 11.2. The highest BCUT2D eigenvalue weighted by Crippen LogP contribution is 2.40. The van der Waals surface area contributed by atoms with Crippen molar-refractivity contribution >= 4 is 6.29 Å². The van der Waals surface area contributed by atoms with Crippen molar-refractivity contribution in [3.05, 3.63) is 0 Å². The Hall–Kier alpha value is -0.410. The van der Waals surface area contributed by atoms with Crippen LogP contribution in [0.2, 0.25) is 0 Å². The van der Waals surface area contributed by atoms with E-state index in [0.29, 0.717) is 5.92 Å². The Morgan fingerprint density at radius 3 is 2.46 bits per heavy atom. The maximum atomic E-state index is 11.2. The number of hydrogen-bond acceptors (Lipinski definition) is 3. The van der Waals surface area contributed by atoms with Crippen molar-refractivity contribution < 1.29 is 14.3 Å². The molecule has 0 radical (unpaired) electrons. The minimum absolute atomic E-state index is 0.130. The van der Waals surface area contributed by atoms with Gasteiger partial charge in [-0.25, -0.2) is 0 Å². The lowest BCUT2D eigenvalue weighted by atomic mass is 9.70. The molecule has 0 aromatic carbocycles. The number of ether oxygens (including phenoxy) is 2. The molecule has 0 N–H and O–H groups in total. The molecule has 0 spiro atoms. The summed E-state index contributed by atoms with van der Waals surface area (Å²) in [7, 11) is 0. The van der Waals surface area contributed by atoms with Gasteiger partial charge in [-0.1, -0.05) is 0 Å². The maximum Gasteiger partial charge on any atom is 0.126 e. The monoisotopic (exact) mass is 184 g/mol. The van der Waals surface area contributed by atoms with E-state index in [2.05, 4.69) is 0 Å². The van der Waals surface area contributed by atoms with Crippen molar-refractivity contribution in [3.63, 3.8) is 0 Å². The SMILES string of the molecule is O=CC1(C2CCOC2)CCOCC1. The Labute approximate surface area is 78.4 Å². The van der Waals surface area contributed by atoms with E-state index in [9.17, 15) is 4.79 Å².